The van der Waals surface area contributed by atoms with Gasteiger partial charge in [-0.1, -0.05) is 11.8 Å². The third kappa shape index (κ3) is 3.61. The van der Waals surface area contributed by atoms with Gasteiger partial charge in [0.1, 0.15) is 5.03 Å². The molecule has 0 saturated carbocycles. The normalized spacial score (nSPS) is 9.79. The van der Waals surface area contributed by atoms with E-state index in [0.29, 0.717) is 11.6 Å². The van der Waals surface area contributed by atoms with Gasteiger partial charge < -0.3 is 10.5 Å². The molecule has 0 atom stereocenters. The topological polar surface area (TPSA) is 78.1 Å². The van der Waals surface area contributed by atoms with Crippen LogP contribution in [0.25, 0.3) is 0 Å². The van der Waals surface area contributed by atoms with Crippen molar-refractivity contribution in [1.82, 2.24) is 9.97 Å². The molecule has 1 aromatic rings. The third-order valence-corrected chi connectivity index (χ3v) is 2.20. The highest BCUT2D eigenvalue weighted by atomic mass is 32.2. The van der Waals surface area contributed by atoms with Crippen molar-refractivity contribution in [3.63, 3.8) is 0 Å². The molecule has 0 aliphatic rings. The molecular weight excluding hydrogens is 202 g/mol. The molecule has 0 aliphatic heterocycles. The lowest BCUT2D eigenvalue weighted by molar-refractivity contribution is -0.139. The van der Waals surface area contributed by atoms with Crippen LogP contribution >= 0.6 is 11.8 Å². The lowest BCUT2D eigenvalue weighted by Crippen LogP contribution is -2.06. The van der Waals surface area contributed by atoms with Crippen LogP contribution in [0, 0.1) is 0 Å². The van der Waals surface area contributed by atoms with E-state index in [0.717, 1.165) is 0 Å². The lowest BCUT2D eigenvalue weighted by atomic mass is 10.7. The van der Waals surface area contributed by atoms with Crippen LogP contribution in [0.4, 0.5) is 5.95 Å². The van der Waals surface area contributed by atoms with Crippen molar-refractivity contribution in [2.45, 2.75) is 11.9 Å². The van der Waals surface area contributed by atoms with E-state index in [1.54, 1.807) is 19.2 Å². The Morgan fingerprint density at radius 1 is 1.71 bits per heavy atom. The van der Waals surface area contributed by atoms with Crippen LogP contribution in [0.5, 0.6) is 0 Å². The first-order valence-corrected chi connectivity index (χ1v) is 5.08. The Hall–Kier alpha value is -1.30. The zero-order valence-electron chi connectivity index (χ0n) is 7.77. The molecule has 0 spiro atoms. The van der Waals surface area contributed by atoms with Gasteiger partial charge in [0.2, 0.25) is 5.95 Å². The molecule has 0 saturated heterocycles. The number of nitrogens with zero attached hydrogens (tertiary/aromatic N) is 2. The Balaban J connectivity index is 2.41. The standard InChI is InChI=1S/C8H11N3O2S/c1-2-13-7(12)5-14-6-3-4-10-8(9)11-6/h3-4H,2,5H2,1H3,(H2,9,10,11). The van der Waals surface area contributed by atoms with E-state index in [1.165, 1.54) is 11.8 Å². The average molecular weight is 213 g/mol. The molecule has 0 radical (unpaired) electrons. The van der Waals surface area contributed by atoms with Crippen molar-refractivity contribution in [1.29, 1.82) is 0 Å². The molecule has 0 bridgehead atoms. The third-order valence-electron chi connectivity index (χ3n) is 1.29. The molecule has 6 heteroatoms. The second-order valence-electron chi connectivity index (χ2n) is 2.35. The van der Waals surface area contributed by atoms with Crippen LogP contribution < -0.4 is 5.73 Å². The number of ether oxygens (including phenoxy) is 1. The summed E-state index contributed by atoms with van der Waals surface area (Å²) < 4.78 is 4.76. The van der Waals surface area contributed by atoms with Crippen molar-refractivity contribution < 1.29 is 9.53 Å². The molecule has 1 rings (SSSR count). The average Bonchev–Trinajstić information content (AvgIpc) is 2.15. The summed E-state index contributed by atoms with van der Waals surface area (Å²) >= 11 is 1.28. The summed E-state index contributed by atoms with van der Waals surface area (Å²) in [5.41, 5.74) is 5.37. The van der Waals surface area contributed by atoms with Crippen LogP contribution in [-0.2, 0) is 9.53 Å². The van der Waals surface area contributed by atoms with Crippen LogP contribution in [0.1, 0.15) is 6.92 Å². The quantitative estimate of drug-likeness (QED) is 0.451. The number of hydrogen-bond donors (Lipinski definition) is 1. The van der Waals surface area contributed by atoms with E-state index < -0.39 is 0 Å². The number of carbonyl (C=O) groups is 1. The summed E-state index contributed by atoms with van der Waals surface area (Å²) in [5, 5.41) is 0.672. The number of aromatic nitrogens is 2. The second-order valence-corrected chi connectivity index (χ2v) is 3.34. The van der Waals surface area contributed by atoms with E-state index in [1.807, 2.05) is 0 Å². The molecule has 2 N–H and O–H groups in total. The first-order chi connectivity index (χ1) is 6.72. The van der Waals surface area contributed by atoms with Crippen molar-refractivity contribution >= 4 is 23.7 Å². The molecule has 1 aromatic heterocycles. The molecule has 0 unspecified atom stereocenters. The zero-order chi connectivity index (χ0) is 10.4. The van der Waals surface area contributed by atoms with Gasteiger partial charge in [-0.15, -0.1) is 0 Å². The first kappa shape index (κ1) is 10.8. The fraction of sp³-hybridized carbons (Fsp3) is 0.375. The zero-order valence-corrected chi connectivity index (χ0v) is 8.58. The maximum Gasteiger partial charge on any atom is 0.316 e. The van der Waals surface area contributed by atoms with Gasteiger partial charge in [-0.2, -0.15) is 0 Å². The van der Waals surface area contributed by atoms with Crippen molar-refractivity contribution in [2.24, 2.45) is 0 Å². The molecule has 0 amide bonds. The van der Waals surface area contributed by atoms with Crippen LogP contribution in [0.2, 0.25) is 0 Å². The Bertz CT molecular complexity index is 319. The summed E-state index contributed by atoms with van der Waals surface area (Å²) in [7, 11) is 0. The Labute approximate surface area is 86.1 Å². The van der Waals surface area contributed by atoms with E-state index in [4.69, 9.17) is 10.5 Å². The van der Waals surface area contributed by atoms with Crippen molar-refractivity contribution in [3.05, 3.63) is 12.3 Å². The molecule has 0 fully saturated rings. The molecule has 1 heterocycles. The number of nitrogens with two attached hydrogens (primary N) is 1. The molecule has 0 aliphatic carbocycles. The second kappa shape index (κ2) is 5.43. The van der Waals surface area contributed by atoms with E-state index in [-0.39, 0.29) is 17.7 Å². The lowest BCUT2D eigenvalue weighted by Gasteiger charge is -2.01. The van der Waals surface area contributed by atoms with Crippen LogP contribution in [-0.4, -0.2) is 28.3 Å². The maximum atomic E-state index is 11.0. The van der Waals surface area contributed by atoms with Gasteiger partial charge in [0.15, 0.2) is 0 Å². The first-order valence-electron chi connectivity index (χ1n) is 4.09. The van der Waals surface area contributed by atoms with Gasteiger partial charge in [-0.05, 0) is 13.0 Å². The van der Waals surface area contributed by atoms with Crippen molar-refractivity contribution in [3.8, 4) is 0 Å². The van der Waals surface area contributed by atoms with Gasteiger partial charge in [0.05, 0.1) is 12.4 Å². The van der Waals surface area contributed by atoms with E-state index >= 15 is 0 Å². The molecule has 14 heavy (non-hydrogen) atoms. The summed E-state index contributed by atoms with van der Waals surface area (Å²) in [6, 6.07) is 1.69. The van der Waals surface area contributed by atoms with E-state index in [9.17, 15) is 4.79 Å². The predicted octanol–water partition coefficient (Wildman–Crippen LogP) is 0.714. The monoisotopic (exact) mass is 213 g/mol. The minimum Gasteiger partial charge on any atom is -0.465 e. The fourth-order valence-electron chi connectivity index (χ4n) is 0.772. The molecule has 76 valence electrons. The largest absolute Gasteiger partial charge is 0.465 e. The summed E-state index contributed by atoms with van der Waals surface area (Å²) in [6.45, 7) is 2.16. The number of anilines is 1. The number of nitrogen functional groups attached to an aromatic ring is 1. The van der Waals surface area contributed by atoms with Gasteiger partial charge in [0, 0.05) is 6.20 Å². The molecular formula is C8H11N3O2S. The molecule has 0 aromatic carbocycles. The van der Waals surface area contributed by atoms with Crippen LogP contribution in [0.15, 0.2) is 17.3 Å². The van der Waals surface area contributed by atoms with Crippen LogP contribution in [0.3, 0.4) is 0 Å². The predicted molar refractivity (Wildman–Crippen MR) is 53.8 cm³/mol. The van der Waals surface area contributed by atoms with Gasteiger partial charge >= 0.3 is 5.97 Å². The number of rotatable bonds is 4. The van der Waals surface area contributed by atoms with Gasteiger partial charge in [-0.25, -0.2) is 9.97 Å². The minimum atomic E-state index is -0.255. The van der Waals surface area contributed by atoms with Gasteiger partial charge in [-0.3, -0.25) is 4.79 Å². The molecule has 5 nitrogen and oxygen atoms in total. The number of carbonyl (C=O) groups excluding carboxylic acids is 1. The number of hydrogen-bond acceptors (Lipinski definition) is 6. The van der Waals surface area contributed by atoms with Crippen molar-refractivity contribution in [2.75, 3.05) is 18.1 Å². The SMILES string of the molecule is CCOC(=O)CSc1ccnc(N)n1. The number of thioether (sulfide) groups is 1. The minimum absolute atomic E-state index is 0.207. The Morgan fingerprint density at radius 3 is 3.14 bits per heavy atom. The van der Waals surface area contributed by atoms with Gasteiger partial charge in [0.25, 0.3) is 0 Å². The van der Waals surface area contributed by atoms with E-state index in [2.05, 4.69) is 9.97 Å². The summed E-state index contributed by atoms with van der Waals surface area (Å²) in [6.07, 6.45) is 1.55. The maximum absolute atomic E-state index is 11.0. The Kier molecular flexibility index (Phi) is 4.18. The Morgan fingerprint density at radius 2 is 2.50 bits per heavy atom. The summed E-state index contributed by atoms with van der Waals surface area (Å²) in [4.78, 5) is 18.7. The highest BCUT2D eigenvalue weighted by Crippen LogP contribution is 2.14. The highest BCUT2D eigenvalue weighted by Gasteiger charge is 2.04. The smallest absolute Gasteiger partial charge is 0.316 e. The number of esters is 1. The highest BCUT2D eigenvalue weighted by molar-refractivity contribution is 7.99. The fourth-order valence-corrected chi connectivity index (χ4v) is 1.44. The summed E-state index contributed by atoms with van der Waals surface area (Å²) in [5.74, 6) is 0.193.